The lowest BCUT2D eigenvalue weighted by Gasteiger charge is -2.27. The minimum Gasteiger partial charge on any atom is -0.268 e. The molecule has 2 aromatic rings. The Kier molecular flexibility index (Phi) is 5.31. The van der Waals surface area contributed by atoms with Crippen LogP contribution in [-0.4, -0.2) is 23.4 Å². The van der Waals surface area contributed by atoms with Gasteiger partial charge in [-0.3, -0.25) is 9.79 Å². The van der Waals surface area contributed by atoms with Gasteiger partial charge in [-0.15, -0.1) is 0 Å². The van der Waals surface area contributed by atoms with Gasteiger partial charge in [-0.05, 0) is 49.1 Å². The summed E-state index contributed by atoms with van der Waals surface area (Å²) in [6.07, 6.45) is -2.52. The normalized spacial score (nSPS) is 16.5. The van der Waals surface area contributed by atoms with Crippen molar-refractivity contribution in [1.29, 1.82) is 0 Å². The maximum Gasteiger partial charge on any atom is 0.416 e. The molecular weight excluding hydrogens is 407 g/mol. The summed E-state index contributed by atoms with van der Waals surface area (Å²) in [5, 5.41) is 0. The number of carbonyl (C=O) groups excluding carboxylic acids is 2. The summed E-state index contributed by atoms with van der Waals surface area (Å²) in [4.78, 5) is 34.8. The summed E-state index contributed by atoms with van der Waals surface area (Å²) < 4.78 is 39.6. The van der Waals surface area contributed by atoms with Gasteiger partial charge in [0, 0.05) is 18.3 Å². The third-order valence-corrected chi connectivity index (χ3v) is 5.18. The first-order valence-corrected chi connectivity index (χ1v) is 9.68. The van der Waals surface area contributed by atoms with Crippen LogP contribution in [0.1, 0.15) is 29.5 Å². The van der Waals surface area contributed by atoms with Crippen molar-refractivity contribution >= 4 is 29.0 Å². The van der Waals surface area contributed by atoms with Crippen LogP contribution in [0.4, 0.5) is 23.7 Å². The van der Waals surface area contributed by atoms with Crippen molar-refractivity contribution in [2.45, 2.75) is 32.4 Å². The second kappa shape index (κ2) is 7.94. The molecule has 8 heteroatoms. The number of benzene rings is 2. The van der Waals surface area contributed by atoms with Crippen LogP contribution in [-0.2, 0) is 17.4 Å². The average Bonchev–Trinajstić information content (AvgIpc) is 2.71. The molecule has 0 radical (unpaired) electrons. The number of nitrogens with zero attached hydrogens (tertiary/aromatic N) is 3. The molecule has 158 valence electrons. The fourth-order valence-electron chi connectivity index (χ4n) is 3.66. The monoisotopic (exact) mass is 425 g/mol. The maximum atomic E-state index is 13.2. The topological polar surface area (TPSA) is 62.1 Å². The standard InChI is InChI=1S/C23H18F3N3O2/c1-14-5-4-7-17(11-14)29-21(30)18-13-27-16(12-20(18)28-22(29)31)10-9-15-6-2-3-8-19(15)23(24,25)26/h2-8,11,13H,9-10,12H2,1H3. The molecule has 5 nitrogen and oxygen atoms in total. The molecule has 31 heavy (non-hydrogen) atoms. The molecule has 0 aromatic heterocycles. The second-order valence-corrected chi connectivity index (χ2v) is 7.39. The Hall–Kier alpha value is -3.55. The zero-order valence-electron chi connectivity index (χ0n) is 16.6. The number of aryl methyl sites for hydroxylation is 2. The largest absolute Gasteiger partial charge is 0.416 e. The summed E-state index contributed by atoms with van der Waals surface area (Å²) in [5.74, 6) is -0.509. The number of amides is 3. The highest BCUT2D eigenvalue weighted by Gasteiger charge is 2.36. The summed E-state index contributed by atoms with van der Waals surface area (Å²) >= 11 is 0. The number of fused-ring (bicyclic) bond motifs is 1. The number of aliphatic imine (C=N–C) groups is 2. The van der Waals surface area contributed by atoms with Gasteiger partial charge in [0.1, 0.15) is 0 Å². The highest BCUT2D eigenvalue weighted by atomic mass is 19.4. The molecule has 0 aliphatic carbocycles. The lowest BCUT2D eigenvalue weighted by atomic mass is 9.95. The van der Waals surface area contributed by atoms with Crippen LogP contribution in [0.25, 0.3) is 0 Å². The van der Waals surface area contributed by atoms with E-state index in [1.54, 1.807) is 24.3 Å². The van der Waals surface area contributed by atoms with Crippen LogP contribution in [0.2, 0.25) is 0 Å². The third kappa shape index (κ3) is 4.19. The summed E-state index contributed by atoms with van der Waals surface area (Å²) in [6.45, 7) is 1.85. The van der Waals surface area contributed by atoms with Gasteiger partial charge in [-0.25, -0.2) is 9.69 Å². The fraction of sp³-hybridized carbons (Fsp3) is 0.217. The van der Waals surface area contributed by atoms with Gasteiger partial charge in [0.15, 0.2) is 0 Å². The molecule has 0 N–H and O–H groups in total. The smallest absolute Gasteiger partial charge is 0.268 e. The van der Waals surface area contributed by atoms with Gasteiger partial charge < -0.3 is 0 Å². The van der Waals surface area contributed by atoms with Crippen LogP contribution in [0.5, 0.6) is 0 Å². The Balaban J connectivity index is 1.55. The third-order valence-electron chi connectivity index (χ3n) is 5.18. The number of rotatable bonds is 4. The van der Waals surface area contributed by atoms with E-state index >= 15 is 0 Å². The van der Waals surface area contributed by atoms with Gasteiger partial charge in [-0.1, -0.05) is 30.3 Å². The first kappa shape index (κ1) is 20.7. The molecule has 0 unspecified atom stereocenters. The van der Waals surface area contributed by atoms with E-state index in [1.807, 2.05) is 13.0 Å². The summed E-state index contributed by atoms with van der Waals surface area (Å²) in [7, 11) is 0. The van der Waals surface area contributed by atoms with Crippen molar-refractivity contribution in [3.05, 3.63) is 77.0 Å². The fourth-order valence-corrected chi connectivity index (χ4v) is 3.66. The van der Waals surface area contributed by atoms with Crippen molar-refractivity contribution in [2.75, 3.05) is 4.90 Å². The lowest BCUT2D eigenvalue weighted by Crippen LogP contribution is -2.43. The lowest BCUT2D eigenvalue weighted by molar-refractivity contribution is -0.138. The number of hydrogen-bond donors (Lipinski definition) is 0. The molecule has 0 saturated heterocycles. The Morgan fingerprint density at radius 3 is 2.55 bits per heavy atom. The summed E-state index contributed by atoms with van der Waals surface area (Å²) in [6, 6.07) is 11.7. The zero-order valence-corrected chi connectivity index (χ0v) is 16.6. The van der Waals surface area contributed by atoms with E-state index in [0.29, 0.717) is 17.1 Å². The van der Waals surface area contributed by atoms with Crippen LogP contribution in [0, 0.1) is 6.92 Å². The van der Waals surface area contributed by atoms with Gasteiger partial charge in [-0.2, -0.15) is 18.2 Å². The molecule has 0 bridgehead atoms. The van der Waals surface area contributed by atoms with Gasteiger partial charge in [0.25, 0.3) is 5.91 Å². The molecular formula is C23H18F3N3O2. The molecule has 4 rings (SSSR count). The predicted molar refractivity (Wildman–Crippen MR) is 111 cm³/mol. The van der Waals surface area contributed by atoms with Crippen molar-refractivity contribution in [1.82, 2.24) is 0 Å². The molecule has 3 amide bonds. The minimum absolute atomic E-state index is 0.141. The number of anilines is 1. The number of imide groups is 1. The average molecular weight is 425 g/mol. The number of halogens is 3. The van der Waals surface area contributed by atoms with E-state index in [4.69, 9.17) is 0 Å². The van der Waals surface area contributed by atoms with Crippen molar-refractivity contribution in [3.8, 4) is 0 Å². The van der Waals surface area contributed by atoms with Crippen molar-refractivity contribution in [3.63, 3.8) is 0 Å². The zero-order chi connectivity index (χ0) is 22.2. The Bertz CT molecular complexity index is 1160. The van der Waals surface area contributed by atoms with E-state index in [9.17, 15) is 22.8 Å². The second-order valence-electron chi connectivity index (χ2n) is 7.39. The molecule has 2 heterocycles. The molecule has 2 aliphatic rings. The molecule has 0 spiro atoms. The predicted octanol–water partition coefficient (Wildman–Crippen LogP) is 5.28. The van der Waals surface area contributed by atoms with E-state index in [2.05, 4.69) is 9.98 Å². The Morgan fingerprint density at radius 2 is 1.81 bits per heavy atom. The van der Waals surface area contributed by atoms with E-state index in [0.717, 1.165) is 16.5 Å². The van der Waals surface area contributed by atoms with Gasteiger partial charge in [0.2, 0.25) is 0 Å². The minimum atomic E-state index is -4.43. The first-order chi connectivity index (χ1) is 14.7. The molecule has 0 fully saturated rings. The number of urea groups is 1. The molecule has 2 aliphatic heterocycles. The summed E-state index contributed by atoms with van der Waals surface area (Å²) in [5.41, 5.74) is 1.92. The van der Waals surface area contributed by atoms with E-state index < -0.39 is 23.7 Å². The Labute approximate surface area is 176 Å². The maximum absolute atomic E-state index is 13.2. The number of hydrogen-bond acceptors (Lipinski definition) is 3. The molecule has 0 atom stereocenters. The van der Waals surface area contributed by atoms with Gasteiger partial charge in [0.05, 0.1) is 22.5 Å². The highest BCUT2D eigenvalue weighted by molar-refractivity contribution is 6.40. The van der Waals surface area contributed by atoms with Crippen LogP contribution in [0.15, 0.2) is 70.3 Å². The van der Waals surface area contributed by atoms with E-state index in [1.165, 1.54) is 18.3 Å². The first-order valence-electron chi connectivity index (χ1n) is 9.68. The van der Waals surface area contributed by atoms with Crippen LogP contribution < -0.4 is 4.90 Å². The SMILES string of the molecule is Cc1cccc(N2C(=O)N=C3CC(CCc4ccccc4C(F)(F)F)=NC=C3C2=O)c1. The molecule has 0 saturated carbocycles. The number of alkyl halides is 3. The Morgan fingerprint density at radius 1 is 1.03 bits per heavy atom. The van der Waals surface area contributed by atoms with Crippen molar-refractivity contribution in [2.24, 2.45) is 9.98 Å². The number of carbonyl (C=O) groups is 2. The quantitative estimate of drug-likeness (QED) is 0.669. The van der Waals surface area contributed by atoms with Crippen LogP contribution >= 0.6 is 0 Å². The van der Waals surface area contributed by atoms with Crippen LogP contribution in [0.3, 0.4) is 0 Å². The van der Waals surface area contributed by atoms with E-state index in [-0.39, 0.29) is 30.4 Å². The highest BCUT2D eigenvalue weighted by Crippen LogP contribution is 2.33. The van der Waals surface area contributed by atoms with Gasteiger partial charge >= 0.3 is 12.2 Å². The molecule has 2 aromatic carbocycles. The van der Waals surface area contributed by atoms with Crippen molar-refractivity contribution < 1.29 is 22.8 Å².